The van der Waals surface area contributed by atoms with Crippen LogP contribution in [-0.2, 0) is 0 Å². The number of halogens is 2. The Morgan fingerprint density at radius 1 is 1.08 bits per heavy atom. The molecule has 0 atom stereocenters. The van der Waals surface area contributed by atoms with Crippen molar-refractivity contribution < 1.29 is 14.0 Å². The van der Waals surface area contributed by atoms with Crippen molar-refractivity contribution in [3.8, 4) is 0 Å². The maximum absolute atomic E-state index is 13.8. The minimum atomic E-state index is -0.664. The number of benzene rings is 2. The Morgan fingerprint density at radius 2 is 1.79 bits per heavy atom. The summed E-state index contributed by atoms with van der Waals surface area (Å²) in [4.78, 5) is 24.4. The molecular formula is C18H18ClFN2O2. The summed E-state index contributed by atoms with van der Waals surface area (Å²) in [6.45, 7) is 5.50. The third kappa shape index (κ3) is 4.32. The molecule has 0 spiro atoms. The summed E-state index contributed by atoms with van der Waals surface area (Å²) in [5.41, 5.74) is 1.46. The molecule has 0 aromatic heterocycles. The summed E-state index contributed by atoms with van der Waals surface area (Å²) in [6, 6.07) is 8.72. The lowest BCUT2D eigenvalue weighted by Crippen LogP contribution is -2.30. The van der Waals surface area contributed by atoms with Gasteiger partial charge in [-0.2, -0.15) is 0 Å². The van der Waals surface area contributed by atoms with Crippen LogP contribution in [0.25, 0.3) is 0 Å². The number of amides is 2. The van der Waals surface area contributed by atoms with E-state index in [1.54, 1.807) is 25.1 Å². The first-order chi connectivity index (χ1) is 11.3. The number of aryl methyl sites for hydroxylation is 1. The summed E-state index contributed by atoms with van der Waals surface area (Å²) in [5.74, 6) is -1.53. The van der Waals surface area contributed by atoms with Crippen LogP contribution in [0.1, 0.15) is 40.1 Å². The molecule has 2 aromatic carbocycles. The fourth-order valence-electron chi connectivity index (χ4n) is 2.10. The van der Waals surface area contributed by atoms with E-state index in [9.17, 15) is 14.0 Å². The number of hydrogen-bond donors (Lipinski definition) is 2. The minimum absolute atomic E-state index is 0.00241. The second kappa shape index (κ2) is 7.45. The number of rotatable bonds is 4. The highest BCUT2D eigenvalue weighted by atomic mass is 35.5. The van der Waals surface area contributed by atoms with Crippen molar-refractivity contribution in [1.29, 1.82) is 0 Å². The van der Waals surface area contributed by atoms with Gasteiger partial charge in [0, 0.05) is 22.3 Å². The van der Waals surface area contributed by atoms with Crippen LogP contribution >= 0.6 is 11.6 Å². The zero-order chi connectivity index (χ0) is 17.9. The third-order valence-electron chi connectivity index (χ3n) is 3.34. The van der Waals surface area contributed by atoms with Gasteiger partial charge in [-0.3, -0.25) is 9.59 Å². The molecule has 2 N–H and O–H groups in total. The maximum atomic E-state index is 13.8. The Kier molecular flexibility index (Phi) is 5.57. The molecule has 0 fully saturated rings. The zero-order valence-electron chi connectivity index (χ0n) is 13.6. The van der Waals surface area contributed by atoms with E-state index < -0.39 is 11.7 Å². The van der Waals surface area contributed by atoms with Gasteiger partial charge >= 0.3 is 0 Å². The number of hydrogen-bond acceptors (Lipinski definition) is 2. The van der Waals surface area contributed by atoms with Gasteiger partial charge in [-0.05, 0) is 56.7 Å². The van der Waals surface area contributed by atoms with Crippen molar-refractivity contribution in [3.63, 3.8) is 0 Å². The first kappa shape index (κ1) is 17.9. The molecular weight excluding hydrogens is 331 g/mol. The van der Waals surface area contributed by atoms with Crippen LogP contribution in [0.4, 0.5) is 10.1 Å². The molecule has 0 heterocycles. The highest BCUT2D eigenvalue weighted by Gasteiger charge is 2.15. The molecule has 0 unspecified atom stereocenters. The molecule has 126 valence electrons. The van der Waals surface area contributed by atoms with Crippen LogP contribution in [0.2, 0.25) is 5.02 Å². The second-order valence-electron chi connectivity index (χ2n) is 5.74. The zero-order valence-corrected chi connectivity index (χ0v) is 14.4. The summed E-state index contributed by atoms with van der Waals surface area (Å²) >= 11 is 5.81. The Morgan fingerprint density at radius 3 is 2.46 bits per heavy atom. The smallest absolute Gasteiger partial charge is 0.258 e. The van der Waals surface area contributed by atoms with E-state index in [4.69, 9.17) is 11.6 Å². The lowest BCUT2D eigenvalue weighted by atomic mass is 10.1. The monoisotopic (exact) mass is 348 g/mol. The van der Waals surface area contributed by atoms with E-state index in [1.807, 2.05) is 13.8 Å². The normalized spacial score (nSPS) is 10.6. The van der Waals surface area contributed by atoms with Crippen LogP contribution in [0.3, 0.4) is 0 Å². The van der Waals surface area contributed by atoms with Crippen molar-refractivity contribution in [2.24, 2.45) is 0 Å². The minimum Gasteiger partial charge on any atom is -0.350 e. The van der Waals surface area contributed by atoms with Crippen molar-refractivity contribution in [3.05, 3.63) is 63.9 Å². The maximum Gasteiger partial charge on any atom is 0.258 e. The van der Waals surface area contributed by atoms with Gasteiger partial charge in [0.1, 0.15) is 5.82 Å². The molecule has 6 heteroatoms. The van der Waals surface area contributed by atoms with E-state index in [1.165, 1.54) is 12.1 Å². The number of nitrogens with one attached hydrogen (secondary N) is 2. The topological polar surface area (TPSA) is 58.2 Å². The lowest BCUT2D eigenvalue weighted by molar-refractivity contribution is 0.0941. The Bertz CT molecular complexity index is 791. The van der Waals surface area contributed by atoms with Crippen molar-refractivity contribution in [1.82, 2.24) is 5.32 Å². The first-order valence-electron chi connectivity index (χ1n) is 7.46. The average Bonchev–Trinajstić information content (AvgIpc) is 2.51. The van der Waals surface area contributed by atoms with Gasteiger partial charge in [0.2, 0.25) is 0 Å². The molecule has 24 heavy (non-hydrogen) atoms. The summed E-state index contributed by atoms with van der Waals surface area (Å²) in [7, 11) is 0. The Hall–Kier alpha value is -2.40. The van der Waals surface area contributed by atoms with Crippen molar-refractivity contribution in [2.45, 2.75) is 26.8 Å². The van der Waals surface area contributed by atoms with Crippen molar-refractivity contribution in [2.75, 3.05) is 5.32 Å². The number of carbonyl (C=O) groups excluding carboxylic acids is 2. The van der Waals surface area contributed by atoms with Gasteiger partial charge < -0.3 is 10.6 Å². The summed E-state index contributed by atoms with van der Waals surface area (Å²) in [5, 5.41) is 5.67. The molecule has 0 saturated carbocycles. The SMILES string of the molecule is Cc1ccc(C(=O)NC(C)C)cc1NC(=O)c1cc(Cl)ccc1F. The van der Waals surface area contributed by atoms with Gasteiger partial charge in [-0.25, -0.2) is 4.39 Å². The number of carbonyl (C=O) groups is 2. The molecule has 0 aliphatic carbocycles. The third-order valence-corrected chi connectivity index (χ3v) is 3.58. The molecule has 0 aliphatic rings. The van der Waals surface area contributed by atoms with E-state index in [0.717, 1.165) is 11.6 Å². The predicted molar refractivity (Wildman–Crippen MR) is 93.1 cm³/mol. The fourth-order valence-corrected chi connectivity index (χ4v) is 2.28. The molecule has 2 amide bonds. The summed E-state index contributed by atoms with van der Waals surface area (Å²) < 4.78 is 13.8. The van der Waals surface area contributed by atoms with Gasteiger partial charge in [0.05, 0.1) is 5.56 Å². The molecule has 4 nitrogen and oxygen atoms in total. The van der Waals surface area contributed by atoms with Gasteiger partial charge in [-0.1, -0.05) is 17.7 Å². The van der Waals surface area contributed by atoms with Crippen LogP contribution in [0.5, 0.6) is 0 Å². The molecule has 2 aromatic rings. The van der Waals surface area contributed by atoms with Crippen LogP contribution < -0.4 is 10.6 Å². The van der Waals surface area contributed by atoms with E-state index in [2.05, 4.69) is 10.6 Å². The van der Waals surface area contributed by atoms with Gasteiger partial charge in [0.15, 0.2) is 0 Å². The van der Waals surface area contributed by atoms with Crippen LogP contribution in [0.15, 0.2) is 36.4 Å². The Labute approximate surface area is 145 Å². The quantitative estimate of drug-likeness (QED) is 0.870. The largest absolute Gasteiger partial charge is 0.350 e. The van der Waals surface area contributed by atoms with E-state index >= 15 is 0 Å². The molecule has 2 rings (SSSR count). The molecule has 0 saturated heterocycles. The van der Waals surface area contributed by atoms with E-state index in [0.29, 0.717) is 11.3 Å². The summed E-state index contributed by atoms with van der Waals surface area (Å²) in [6.07, 6.45) is 0. The molecule has 0 aliphatic heterocycles. The highest BCUT2D eigenvalue weighted by Crippen LogP contribution is 2.20. The van der Waals surface area contributed by atoms with Crippen molar-refractivity contribution >= 4 is 29.1 Å². The van der Waals surface area contributed by atoms with Gasteiger partial charge in [0.25, 0.3) is 11.8 Å². The predicted octanol–water partition coefficient (Wildman–Crippen LogP) is 4.18. The Balaban J connectivity index is 2.27. The fraction of sp³-hybridized carbons (Fsp3) is 0.222. The second-order valence-corrected chi connectivity index (χ2v) is 6.17. The van der Waals surface area contributed by atoms with Gasteiger partial charge in [-0.15, -0.1) is 0 Å². The average molecular weight is 349 g/mol. The molecule has 0 bridgehead atoms. The molecule has 0 radical (unpaired) electrons. The van der Waals surface area contributed by atoms with E-state index in [-0.39, 0.29) is 22.5 Å². The standard InChI is InChI=1S/C18H18ClFN2O2/c1-10(2)21-17(23)12-5-4-11(3)16(8-12)22-18(24)14-9-13(19)6-7-15(14)20/h4-10H,1-3H3,(H,21,23)(H,22,24). The first-order valence-corrected chi connectivity index (χ1v) is 7.83. The highest BCUT2D eigenvalue weighted by molar-refractivity contribution is 6.31. The number of anilines is 1. The van der Waals surface area contributed by atoms with Crippen LogP contribution in [-0.4, -0.2) is 17.9 Å². The van der Waals surface area contributed by atoms with Crippen LogP contribution in [0, 0.1) is 12.7 Å². The lowest BCUT2D eigenvalue weighted by Gasteiger charge is -2.13.